The molecule has 1 fully saturated rings. The third kappa shape index (κ3) is 9.93. The van der Waals surface area contributed by atoms with Crippen molar-refractivity contribution in [3.8, 4) is 0 Å². The Morgan fingerprint density at radius 2 is 1.31 bits per heavy atom. The fourth-order valence-corrected chi connectivity index (χ4v) is 4.47. The van der Waals surface area contributed by atoms with Gasteiger partial charge in [-0.05, 0) is 24.3 Å². The van der Waals surface area contributed by atoms with E-state index in [2.05, 4.69) is 18.8 Å². The average molecular weight is 529 g/mol. The number of hydrogen-bond acceptors (Lipinski definition) is 6. The van der Waals surface area contributed by atoms with Crippen LogP contribution in [0.4, 0.5) is 0 Å². The Balaban J connectivity index is 0.00000145. The van der Waals surface area contributed by atoms with Crippen LogP contribution < -0.4 is 0 Å². The van der Waals surface area contributed by atoms with Crippen LogP contribution in [-0.2, 0) is 38.0 Å². The van der Waals surface area contributed by atoms with Crippen molar-refractivity contribution in [3.63, 3.8) is 0 Å². The molecule has 1 aromatic carbocycles. The Kier molecular flexibility index (Phi) is 13.5. The first-order chi connectivity index (χ1) is 16.2. The summed E-state index contributed by atoms with van der Waals surface area (Å²) in [5.41, 5.74) is 0.715. The molecule has 191 valence electrons. The molecule has 0 bridgehead atoms. The van der Waals surface area contributed by atoms with E-state index in [1.54, 1.807) is 11.1 Å². The molecule has 9 nitrogen and oxygen atoms in total. The van der Waals surface area contributed by atoms with E-state index in [-0.39, 0.29) is 42.2 Å². The molecule has 1 radical (unpaired) electrons. The number of aromatic nitrogens is 1. The topological polar surface area (TPSA) is 131 Å². The number of rotatable bonds is 10. The molecule has 1 unspecified atom stereocenters. The zero-order valence-corrected chi connectivity index (χ0v) is 21.4. The van der Waals surface area contributed by atoms with Crippen LogP contribution in [0.15, 0.2) is 36.5 Å². The normalized spacial score (nSPS) is 17.4. The third-order valence-corrected chi connectivity index (χ3v) is 5.70. The molecule has 2 aromatic rings. The predicted octanol–water partition coefficient (Wildman–Crippen LogP) is 3.32. The zero-order chi connectivity index (χ0) is 25.1. The molecule has 35 heavy (non-hydrogen) atoms. The minimum absolute atomic E-state index is 0. The standard InChI is InChI=1S/C22H27N3O6.C3H8.Mn/c26-20(27)12-24(11-17-9-15-5-1-2-6-16(15)10-23-17)18-7-3-4-8-19(18)25(13-21(28)29)14-22(30)31;1-3-2;/h1-2,5-6,9-10,18-19H,3-4,7-8,11-14H2,(H,26,27)(H,28,29)(H,30,31);3H2,1-2H3;/q;;+2/t18-,19?;;/m0../s1. The van der Waals surface area contributed by atoms with Gasteiger partial charge in [-0.1, -0.05) is 57.4 Å². The smallest absolute Gasteiger partial charge is 0.480 e. The largest absolute Gasteiger partial charge is 2.00 e. The number of fused-ring (bicyclic) bond motifs is 1. The van der Waals surface area contributed by atoms with Crippen molar-refractivity contribution in [2.75, 3.05) is 19.6 Å². The molecule has 0 aliphatic heterocycles. The summed E-state index contributed by atoms with van der Waals surface area (Å²) >= 11 is 0. The molecular formula is C25H35MnN3O6+2. The molecule has 0 saturated heterocycles. The molecule has 1 aliphatic rings. The van der Waals surface area contributed by atoms with Gasteiger partial charge in [0.05, 0.1) is 25.3 Å². The molecule has 0 amide bonds. The van der Waals surface area contributed by atoms with Crippen molar-refractivity contribution in [3.05, 3.63) is 42.2 Å². The van der Waals surface area contributed by atoms with Crippen LogP contribution in [0.3, 0.4) is 0 Å². The van der Waals surface area contributed by atoms with Crippen LogP contribution in [0, 0.1) is 0 Å². The second kappa shape index (κ2) is 15.5. The second-order valence-electron chi connectivity index (χ2n) is 8.64. The maximum atomic E-state index is 11.6. The Bertz CT molecular complexity index is 957. The number of nitrogens with zero attached hydrogens (tertiary/aromatic N) is 3. The van der Waals surface area contributed by atoms with Crippen LogP contribution in [0.2, 0.25) is 0 Å². The molecule has 3 rings (SSSR count). The van der Waals surface area contributed by atoms with Gasteiger partial charge < -0.3 is 15.3 Å². The fourth-order valence-electron chi connectivity index (χ4n) is 4.47. The molecule has 10 heteroatoms. The van der Waals surface area contributed by atoms with E-state index < -0.39 is 31.0 Å². The van der Waals surface area contributed by atoms with E-state index in [1.165, 1.54) is 11.3 Å². The van der Waals surface area contributed by atoms with E-state index >= 15 is 0 Å². The fraction of sp³-hybridized carbons (Fsp3) is 0.520. The SMILES string of the molecule is CCC.O=C(O)CN(CC(=O)O)C1CCCC[C@@H]1N(CC(=O)O)Cc1cc2ccccc2cn1.[Mn+2]. The van der Waals surface area contributed by atoms with E-state index in [1.807, 2.05) is 30.3 Å². The van der Waals surface area contributed by atoms with E-state index in [0.717, 1.165) is 23.6 Å². The number of benzene rings is 1. The van der Waals surface area contributed by atoms with Gasteiger partial charge in [0.15, 0.2) is 0 Å². The van der Waals surface area contributed by atoms with Crippen LogP contribution in [0.25, 0.3) is 10.8 Å². The van der Waals surface area contributed by atoms with Gasteiger partial charge in [-0.15, -0.1) is 0 Å². The van der Waals surface area contributed by atoms with Gasteiger partial charge in [0, 0.05) is 30.2 Å². The molecular weight excluding hydrogens is 493 g/mol. The van der Waals surface area contributed by atoms with Gasteiger partial charge in [-0.2, -0.15) is 0 Å². The van der Waals surface area contributed by atoms with Gasteiger partial charge in [0.2, 0.25) is 0 Å². The van der Waals surface area contributed by atoms with Crippen molar-refractivity contribution in [2.24, 2.45) is 0 Å². The Morgan fingerprint density at radius 3 is 1.83 bits per heavy atom. The first kappa shape index (κ1) is 30.5. The Morgan fingerprint density at radius 1 is 0.857 bits per heavy atom. The predicted molar refractivity (Wildman–Crippen MR) is 129 cm³/mol. The first-order valence-corrected chi connectivity index (χ1v) is 11.7. The van der Waals surface area contributed by atoms with E-state index in [0.29, 0.717) is 18.5 Å². The summed E-state index contributed by atoms with van der Waals surface area (Å²) in [4.78, 5) is 42.0. The van der Waals surface area contributed by atoms with Gasteiger partial charge in [-0.25, -0.2) is 0 Å². The number of pyridine rings is 1. The molecule has 0 spiro atoms. The van der Waals surface area contributed by atoms with Crippen molar-refractivity contribution in [1.82, 2.24) is 14.8 Å². The van der Waals surface area contributed by atoms with Crippen molar-refractivity contribution in [1.29, 1.82) is 0 Å². The molecule has 3 N–H and O–H groups in total. The summed E-state index contributed by atoms with van der Waals surface area (Å²) in [6.45, 7) is 3.50. The summed E-state index contributed by atoms with van der Waals surface area (Å²) in [7, 11) is 0. The molecule has 1 heterocycles. The van der Waals surface area contributed by atoms with Crippen molar-refractivity contribution < 1.29 is 46.8 Å². The minimum Gasteiger partial charge on any atom is -0.480 e. The van der Waals surface area contributed by atoms with Crippen LogP contribution >= 0.6 is 0 Å². The number of carbonyl (C=O) groups is 3. The second-order valence-corrected chi connectivity index (χ2v) is 8.64. The Labute approximate surface area is 216 Å². The van der Waals surface area contributed by atoms with Crippen LogP contribution in [0.1, 0.15) is 51.6 Å². The Hall–Kier alpha value is -2.52. The van der Waals surface area contributed by atoms with Crippen molar-refractivity contribution in [2.45, 2.75) is 64.6 Å². The van der Waals surface area contributed by atoms with E-state index in [4.69, 9.17) is 0 Å². The van der Waals surface area contributed by atoms with Gasteiger partial charge in [0.25, 0.3) is 0 Å². The zero-order valence-electron chi connectivity index (χ0n) is 20.3. The maximum Gasteiger partial charge on any atom is 2.00 e. The molecule has 1 saturated carbocycles. The van der Waals surface area contributed by atoms with Gasteiger partial charge in [0.1, 0.15) is 0 Å². The van der Waals surface area contributed by atoms with Crippen LogP contribution in [0.5, 0.6) is 0 Å². The molecule has 1 aromatic heterocycles. The molecule has 2 atom stereocenters. The third-order valence-electron chi connectivity index (χ3n) is 5.70. The summed E-state index contributed by atoms with van der Waals surface area (Å²) in [5, 5.41) is 30.1. The minimum atomic E-state index is -1.11. The number of hydrogen-bond donors (Lipinski definition) is 3. The average Bonchev–Trinajstić information content (AvgIpc) is 2.78. The monoisotopic (exact) mass is 528 g/mol. The molecule has 1 aliphatic carbocycles. The number of carboxylic acid groups (broad SMARTS) is 3. The maximum absolute atomic E-state index is 11.6. The van der Waals surface area contributed by atoms with Gasteiger partial charge in [-0.3, -0.25) is 29.2 Å². The number of carboxylic acids is 3. The summed E-state index contributed by atoms with van der Waals surface area (Å²) < 4.78 is 0. The van der Waals surface area contributed by atoms with Gasteiger partial charge >= 0.3 is 35.0 Å². The van der Waals surface area contributed by atoms with E-state index in [9.17, 15) is 29.7 Å². The quantitative estimate of drug-likeness (QED) is 0.398. The van der Waals surface area contributed by atoms with Crippen LogP contribution in [-0.4, -0.2) is 79.7 Å². The van der Waals surface area contributed by atoms with Crippen molar-refractivity contribution >= 4 is 28.7 Å². The summed E-state index contributed by atoms with van der Waals surface area (Å²) in [6.07, 6.45) is 6.00. The summed E-state index contributed by atoms with van der Waals surface area (Å²) in [6, 6.07) is 9.05. The summed E-state index contributed by atoms with van der Waals surface area (Å²) in [5.74, 6) is -3.20. The first-order valence-electron chi connectivity index (χ1n) is 11.7. The number of aliphatic carboxylic acids is 3.